The van der Waals surface area contributed by atoms with Crippen molar-refractivity contribution in [2.75, 3.05) is 13.2 Å². The number of carboxylic acid groups (broad SMARTS) is 1. The molecular weight excluding hydrogens is 158 g/mol. The summed E-state index contributed by atoms with van der Waals surface area (Å²) in [4.78, 5) is 10.1. The Morgan fingerprint density at radius 2 is 2.08 bits per heavy atom. The number of nitrogens with one attached hydrogen (secondary N) is 1. The molecule has 0 aromatic rings. The minimum atomic E-state index is -0.817. The fourth-order valence-electron chi connectivity index (χ4n) is 0.876. The lowest BCUT2D eigenvalue weighted by Crippen LogP contribution is -2.38. The summed E-state index contributed by atoms with van der Waals surface area (Å²) in [6.45, 7) is 4.43. The van der Waals surface area contributed by atoms with Crippen molar-refractivity contribution in [3.8, 4) is 0 Å². The second kappa shape index (κ2) is 5.97. The summed E-state index contributed by atoms with van der Waals surface area (Å²) >= 11 is 0. The van der Waals surface area contributed by atoms with Gasteiger partial charge >= 0.3 is 5.97 Å². The molecule has 1 unspecified atom stereocenters. The van der Waals surface area contributed by atoms with Crippen LogP contribution in [0, 0.1) is 5.92 Å². The van der Waals surface area contributed by atoms with Crippen molar-refractivity contribution in [2.45, 2.75) is 26.3 Å². The van der Waals surface area contributed by atoms with Crippen LogP contribution < -0.4 is 5.32 Å². The number of aliphatic carboxylic acids is 1. The maximum absolute atomic E-state index is 10.1. The van der Waals surface area contributed by atoms with E-state index in [9.17, 15) is 4.79 Å². The van der Waals surface area contributed by atoms with Gasteiger partial charge in [-0.25, -0.2) is 0 Å². The number of hydrogen-bond acceptors (Lipinski definition) is 3. The molecule has 0 aliphatic heterocycles. The minimum Gasteiger partial charge on any atom is -0.481 e. The number of carboxylic acids is 1. The van der Waals surface area contributed by atoms with E-state index in [0.717, 1.165) is 0 Å². The van der Waals surface area contributed by atoms with Gasteiger partial charge in [-0.3, -0.25) is 4.79 Å². The first-order valence-electron chi connectivity index (χ1n) is 4.14. The largest absolute Gasteiger partial charge is 0.481 e. The molecule has 0 fully saturated rings. The number of rotatable bonds is 6. The van der Waals surface area contributed by atoms with E-state index in [1.807, 2.05) is 13.8 Å². The Morgan fingerprint density at radius 3 is 2.42 bits per heavy atom. The van der Waals surface area contributed by atoms with E-state index in [0.29, 0.717) is 12.5 Å². The van der Waals surface area contributed by atoms with E-state index in [4.69, 9.17) is 10.2 Å². The molecule has 4 heteroatoms. The van der Waals surface area contributed by atoms with Crippen molar-refractivity contribution >= 4 is 5.97 Å². The van der Waals surface area contributed by atoms with Crippen molar-refractivity contribution in [2.24, 2.45) is 5.92 Å². The van der Waals surface area contributed by atoms with Gasteiger partial charge in [0.2, 0.25) is 0 Å². The third-order valence-corrected chi connectivity index (χ3v) is 1.75. The Bertz CT molecular complexity index is 136. The molecule has 0 amide bonds. The van der Waals surface area contributed by atoms with Gasteiger partial charge in [0.1, 0.15) is 0 Å². The Balaban J connectivity index is 3.51. The third kappa shape index (κ3) is 5.09. The molecule has 0 aliphatic carbocycles. The first-order valence-corrected chi connectivity index (χ1v) is 4.14. The Morgan fingerprint density at radius 1 is 1.50 bits per heavy atom. The monoisotopic (exact) mass is 175 g/mol. The highest BCUT2D eigenvalue weighted by Crippen LogP contribution is 1.99. The molecule has 1 atom stereocenters. The van der Waals surface area contributed by atoms with E-state index >= 15 is 0 Å². The quantitative estimate of drug-likeness (QED) is 0.534. The Hall–Kier alpha value is -0.610. The second-order valence-corrected chi connectivity index (χ2v) is 3.13. The number of hydrogen-bond donors (Lipinski definition) is 3. The molecule has 0 aliphatic rings. The van der Waals surface area contributed by atoms with Gasteiger partial charge in [-0.2, -0.15) is 0 Å². The number of aliphatic hydroxyl groups excluding tert-OH is 1. The number of aliphatic hydroxyl groups is 1. The van der Waals surface area contributed by atoms with Gasteiger partial charge in [0.25, 0.3) is 0 Å². The molecule has 3 N–H and O–H groups in total. The molecule has 72 valence electrons. The zero-order valence-corrected chi connectivity index (χ0v) is 7.58. The summed E-state index contributed by atoms with van der Waals surface area (Å²) in [5, 5.41) is 20.2. The fraction of sp³-hybridized carbons (Fsp3) is 0.875. The lowest BCUT2D eigenvalue weighted by atomic mass is 10.1. The molecule has 0 aromatic heterocycles. The van der Waals surface area contributed by atoms with Gasteiger partial charge in [-0.05, 0) is 5.92 Å². The van der Waals surface area contributed by atoms with Gasteiger partial charge in [0.05, 0.1) is 13.0 Å². The van der Waals surface area contributed by atoms with E-state index in [-0.39, 0.29) is 19.1 Å². The molecule has 0 radical (unpaired) electrons. The van der Waals surface area contributed by atoms with Crippen LogP contribution in [0.2, 0.25) is 0 Å². The van der Waals surface area contributed by atoms with E-state index in [1.165, 1.54) is 0 Å². The standard InChI is InChI=1S/C8H17NO3/c1-6(2)7(5-10)9-4-3-8(11)12/h6-7,9-10H,3-5H2,1-2H3,(H,11,12). The first-order chi connectivity index (χ1) is 5.57. The van der Waals surface area contributed by atoms with Crippen LogP contribution >= 0.6 is 0 Å². The molecule has 0 aromatic carbocycles. The molecule has 4 nitrogen and oxygen atoms in total. The zero-order valence-electron chi connectivity index (χ0n) is 7.58. The summed E-state index contributed by atoms with van der Waals surface area (Å²) < 4.78 is 0. The molecular formula is C8H17NO3. The summed E-state index contributed by atoms with van der Waals surface area (Å²) in [6.07, 6.45) is 0.100. The van der Waals surface area contributed by atoms with Gasteiger partial charge in [0.15, 0.2) is 0 Å². The third-order valence-electron chi connectivity index (χ3n) is 1.75. The normalized spacial score (nSPS) is 13.3. The minimum absolute atomic E-state index is 0.00403. The van der Waals surface area contributed by atoms with Crippen molar-refractivity contribution in [1.82, 2.24) is 5.32 Å². The highest BCUT2D eigenvalue weighted by molar-refractivity contribution is 5.66. The van der Waals surface area contributed by atoms with Crippen LogP contribution in [0.15, 0.2) is 0 Å². The molecule has 0 saturated heterocycles. The predicted molar refractivity (Wildman–Crippen MR) is 46.0 cm³/mol. The van der Waals surface area contributed by atoms with Crippen molar-refractivity contribution in [3.63, 3.8) is 0 Å². The van der Waals surface area contributed by atoms with Gasteiger partial charge in [-0.15, -0.1) is 0 Å². The van der Waals surface area contributed by atoms with E-state index in [2.05, 4.69) is 5.32 Å². The molecule has 0 spiro atoms. The lowest BCUT2D eigenvalue weighted by Gasteiger charge is -2.19. The predicted octanol–water partition coefficient (Wildman–Crippen LogP) is 0.0676. The molecule has 0 bridgehead atoms. The second-order valence-electron chi connectivity index (χ2n) is 3.13. The highest BCUT2D eigenvalue weighted by Gasteiger charge is 2.10. The summed E-state index contributed by atoms with van der Waals surface area (Å²) in [5.41, 5.74) is 0. The molecule has 0 rings (SSSR count). The van der Waals surface area contributed by atoms with Gasteiger partial charge in [0, 0.05) is 12.6 Å². The fourth-order valence-corrected chi connectivity index (χ4v) is 0.876. The van der Waals surface area contributed by atoms with Crippen molar-refractivity contribution in [3.05, 3.63) is 0 Å². The van der Waals surface area contributed by atoms with Crippen LogP contribution in [-0.2, 0) is 4.79 Å². The average Bonchev–Trinajstić information content (AvgIpc) is 1.96. The number of carbonyl (C=O) groups is 1. The lowest BCUT2D eigenvalue weighted by molar-refractivity contribution is -0.136. The molecule has 0 heterocycles. The summed E-state index contributed by atoms with van der Waals surface area (Å²) in [5.74, 6) is -0.494. The zero-order chi connectivity index (χ0) is 9.56. The molecule has 0 saturated carbocycles. The van der Waals surface area contributed by atoms with Gasteiger partial charge in [-0.1, -0.05) is 13.8 Å². The maximum Gasteiger partial charge on any atom is 0.304 e. The van der Waals surface area contributed by atoms with Crippen molar-refractivity contribution in [1.29, 1.82) is 0 Å². The van der Waals surface area contributed by atoms with E-state index < -0.39 is 5.97 Å². The van der Waals surface area contributed by atoms with Crippen LogP contribution in [0.4, 0.5) is 0 Å². The smallest absolute Gasteiger partial charge is 0.304 e. The molecule has 12 heavy (non-hydrogen) atoms. The Labute approximate surface area is 72.6 Å². The van der Waals surface area contributed by atoms with Crippen LogP contribution in [-0.4, -0.2) is 35.4 Å². The van der Waals surface area contributed by atoms with Crippen LogP contribution in [0.25, 0.3) is 0 Å². The maximum atomic E-state index is 10.1. The Kier molecular flexibility index (Phi) is 5.66. The topological polar surface area (TPSA) is 69.6 Å². The van der Waals surface area contributed by atoms with Crippen molar-refractivity contribution < 1.29 is 15.0 Å². The summed E-state index contributed by atoms with van der Waals surface area (Å²) in [6, 6.07) is 0.00403. The highest BCUT2D eigenvalue weighted by atomic mass is 16.4. The van der Waals surface area contributed by atoms with E-state index in [1.54, 1.807) is 0 Å². The van der Waals surface area contributed by atoms with Crippen LogP contribution in [0.5, 0.6) is 0 Å². The summed E-state index contributed by atoms with van der Waals surface area (Å²) in [7, 11) is 0. The van der Waals surface area contributed by atoms with Crippen LogP contribution in [0.1, 0.15) is 20.3 Å². The first kappa shape index (κ1) is 11.4. The average molecular weight is 175 g/mol. The van der Waals surface area contributed by atoms with Crippen LogP contribution in [0.3, 0.4) is 0 Å². The van der Waals surface area contributed by atoms with Gasteiger partial charge < -0.3 is 15.5 Å². The SMILES string of the molecule is CC(C)C(CO)NCCC(=O)O.